The van der Waals surface area contributed by atoms with E-state index in [1.165, 1.54) is 19.3 Å². The van der Waals surface area contributed by atoms with Crippen LogP contribution in [0.3, 0.4) is 0 Å². The minimum atomic E-state index is -0.792. The van der Waals surface area contributed by atoms with Gasteiger partial charge in [0.1, 0.15) is 5.41 Å². The van der Waals surface area contributed by atoms with Crippen LogP contribution >= 0.6 is 0 Å². The maximum absolute atomic E-state index is 12.9. The van der Waals surface area contributed by atoms with Gasteiger partial charge < -0.3 is 4.90 Å². The highest BCUT2D eigenvalue weighted by molar-refractivity contribution is 5.85. The number of nitriles is 1. The van der Waals surface area contributed by atoms with Crippen LogP contribution in [-0.2, 0) is 4.79 Å². The molecule has 0 heterocycles. The van der Waals surface area contributed by atoms with E-state index < -0.39 is 5.41 Å². The zero-order valence-electron chi connectivity index (χ0n) is 14.3. The second-order valence-electron chi connectivity index (χ2n) is 6.69. The molecular weight excluding hydrogens is 260 g/mol. The summed E-state index contributed by atoms with van der Waals surface area (Å²) in [6.07, 6.45) is 9.03. The van der Waals surface area contributed by atoms with Gasteiger partial charge in [-0.3, -0.25) is 4.79 Å². The van der Waals surface area contributed by atoms with Crippen LogP contribution in [0.1, 0.15) is 78.6 Å². The molecule has 0 saturated heterocycles. The van der Waals surface area contributed by atoms with E-state index in [9.17, 15) is 10.1 Å². The van der Waals surface area contributed by atoms with Gasteiger partial charge in [-0.15, -0.1) is 0 Å². The molecule has 0 bridgehead atoms. The molecule has 1 amide bonds. The van der Waals surface area contributed by atoms with Gasteiger partial charge in [0.05, 0.1) is 6.07 Å². The molecule has 1 fully saturated rings. The van der Waals surface area contributed by atoms with Gasteiger partial charge in [-0.05, 0) is 44.4 Å². The molecular formula is C18H32N2O. The van der Waals surface area contributed by atoms with Crippen molar-refractivity contribution in [2.45, 2.75) is 84.6 Å². The maximum atomic E-state index is 12.9. The fourth-order valence-corrected chi connectivity index (χ4v) is 3.80. The van der Waals surface area contributed by atoms with E-state index >= 15 is 0 Å². The van der Waals surface area contributed by atoms with Gasteiger partial charge in [0.15, 0.2) is 0 Å². The lowest BCUT2D eigenvalue weighted by Gasteiger charge is -2.38. The molecule has 3 heteroatoms. The van der Waals surface area contributed by atoms with E-state index in [-0.39, 0.29) is 5.91 Å². The van der Waals surface area contributed by atoms with Crippen molar-refractivity contribution in [3.63, 3.8) is 0 Å². The van der Waals surface area contributed by atoms with Crippen molar-refractivity contribution in [1.82, 2.24) is 4.90 Å². The zero-order valence-corrected chi connectivity index (χ0v) is 14.3. The summed E-state index contributed by atoms with van der Waals surface area (Å²) in [7, 11) is 1.91. The molecule has 0 radical (unpaired) electrons. The summed E-state index contributed by atoms with van der Waals surface area (Å²) in [5, 5.41) is 9.64. The Labute approximate surface area is 130 Å². The molecule has 0 aliphatic heterocycles. The fourth-order valence-electron chi connectivity index (χ4n) is 3.80. The van der Waals surface area contributed by atoms with E-state index in [4.69, 9.17) is 0 Å². The van der Waals surface area contributed by atoms with E-state index in [0.717, 1.165) is 31.6 Å². The van der Waals surface area contributed by atoms with Gasteiger partial charge in [-0.25, -0.2) is 0 Å². The average Bonchev–Trinajstić information content (AvgIpc) is 2.53. The van der Waals surface area contributed by atoms with Crippen LogP contribution in [0.4, 0.5) is 0 Å². The van der Waals surface area contributed by atoms with Crippen molar-refractivity contribution in [3.05, 3.63) is 0 Å². The van der Waals surface area contributed by atoms with Gasteiger partial charge in [0.2, 0.25) is 5.91 Å². The molecule has 0 aromatic heterocycles. The maximum Gasteiger partial charge on any atom is 0.243 e. The predicted octanol–water partition coefficient (Wildman–Crippen LogP) is 4.52. The summed E-state index contributed by atoms with van der Waals surface area (Å²) >= 11 is 0. The Morgan fingerprint density at radius 2 is 1.67 bits per heavy atom. The van der Waals surface area contributed by atoms with Crippen molar-refractivity contribution in [2.75, 3.05) is 7.05 Å². The van der Waals surface area contributed by atoms with Gasteiger partial charge in [0.25, 0.3) is 0 Å². The van der Waals surface area contributed by atoms with Crippen LogP contribution in [0.25, 0.3) is 0 Å². The van der Waals surface area contributed by atoms with Crippen molar-refractivity contribution in [3.8, 4) is 6.07 Å². The molecule has 0 aromatic rings. The number of hydrogen-bond acceptors (Lipinski definition) is 2. The quantitative estimate of drug-likeness (QED) is 0.692. The lowest BCUT2D eigenvalue weighted by Crippen LogP contribution is -2.47. The van der Waals surface area contributed by atoms with E-state index in [1.807, 2.05) is 11.9 Å². The highest BCUT2D eigenvalue weighted by atomic mass is 16.2. The number of carbonyl (C=O) groups excluding carboxylic acids is 1. The summed E-state index contributed by atoms with van der Waals surface area (Å²) < 4.78 is 0. The van der Waals surface area contributed by atoms with Crippen LogP contribution in [0, 0.1) is 22.7 Å². The molecule has 1 saturated carbocycles. The lowest BCUT2D eigenvalue weighted by atomic mass is 9.78. The SMILES string of the molecule is CCCC(C#N)(CCC)C(=O)N(C)C1CCC(CC)CC1. The lowest BCUT2D eigenvalue weighted by molar-refractivity contribution is -0.141. The van der Waals surface area contributed by atoms with Gasteiger partial charge in [0, 0.05) is 13.1 Å². The van der Waals surface area contributed by atoms with Gasteiger partial charge in [-0.1, -0.05) is 40.0 Å². The van der Waals surface area contributed by atoms with Crippen LogP contribution < -0.4 is 0 Å². The summed E-state index contributed by atoms with van der Waals surface area (Å²) in [6.45, 7) is 6.37. The van der Waals surface area contributed by atoms with E-state index in [0.29, 0.717) is 18.9 Å². The summed E-state index contributed by atoms with van der Waals surface area (Å²) in [5.74, 6) is 0.894. The minimum Gasteiger partial charge on any atom is -0.341 e. The Morgan fingerprint density at radius 1 is 1.14 bits per heavy atom. The second-order valence-corrected chi connectivity index (χ2v) is 6.69. The van der Waals surface area contributed by atoms with E-state index in [2.05, 4.69) is 26.8 Å². The predicted molar refractivity (Wildman–Crippen MR) is 86.7 cm³/mol. The number of amides is 1. The van der Waals surface area contributed by atoms with Crippen LogP contribution in [0.15, 0.2) is 0 Å². The second kappa shape index (κ2) is 8.41. The molecule has 120 valence electrons. The van der Waals surface area contributed by atoms with Crippen molar-refractivity contribution >= 4 is 5.91 Å². The standard InChI is InChI=1S/C18H32N2O/c1-5-12-18(14-19,13-6-2)17(21)20(4)16-10-8-15(7-3)9-11-16/h15-16H,5-13H2,1-4H3. The summed E-state index contributed by atoms with van der Waals surface area (Å²) in [6, 6.07) is 2.70. The largest absolute Gasteiger partial charge is 0.341 e. The van der Waals surface area contributed by atoms with Gasteiger partial charge >= 0.3 is 0 Å². The molecule has 1 aliphatic carbocycles. The zero-order chi connectivity index (χ0) is 15.9. The number of nitrogens with zero attached hydrogens (tertiary/aromatic N) is 2. The molecule has 3 nitrogen and oxygen atoms in total. The Bertz CT molecular complexity index is 358. The average molecular weight is 292 g/mol. The summed E-state index contributed by atoms with van der Waals surface area (Å²) in [4.78, 5) is 14.8. The monoisotopic (exact) mass is 292 g/mol. The molecule has 1 aliphatic rings. The fraction of sp³-hybridized carbons (Fsp3) is 0.889. The third-order valence-corrected chi connectivity index (χ3v) is 5.24. The van der Waals surface area contributed by atoms with Crippen molar-refractivity contribution in [1.29, 1.82) is 5.26 Å². The molecule has 0 atom stereocenters. The third kappa shape index (κ3) is 4.22. The molecule has 0 aromatic carbocycles. The molecule has 21 heavy (non-hydrogen) atoms. The summed E-state index contributed by atoms with van der Waals surface area (Å²) in [5.41, 5.74) is -0.792. The first-order valence-electron chi connectivity index (χ1n) is 8.73. The van der Waals surface area contributed by atoms with Gasteiger partial charge in [-0.2, -0.15) is 5.26 Å². The molecule has 0 spiro atoms. The third-order valence-electron chi connectivity index (χ3n) is 5.24. The van der Waals surface area contributed by atoms with Crippen LogP contribution in [0.2, 0.25) is 0 Å². The number of hydrogen-bond donors (Lipinski definition) is 0. The first kappa shape index (κ1) is 18.0. The molecule has 0 N–H and O–H groups in total. The highest BCUT2D eigenvalue weighted by Gasteiger charge is 2.41. The number of carbonyl (C=O) groups is 1. The Balaban J connectivity index is 2.77. The van der Waals surface area contributed by atoms with Crippen LogP contribution in [0.5, 0.6) is 0 Å². The first-order valence-corrected chi connectivity index (χ1v) is 8.73. The first-order chi connectivity index (χ1) is 10.0. The Kier molecular flexibility index (Phi) is 7.22. The Hall–Kier alpha value is -1.04. The van der Waals surface area contributed by atoms with Crippen molar-refractivity contribution in [2.24, 2.45) is 11.3 Å². The topological polar surface area (TPSA) is 44.1 Å². The highest BCUT2D eigenvalue weighted by Crippen LogP contribution is 2.35. The smallest absolute Gasteiger partial charge is 0.243 e. The molecule has 1 rings (SSSR count). The normalized spacial score (nSPS) is 22.6. The minimum absolute atomic E-state index is 0.0636. The Morgan fingerprint density at radius 3 is 2.05 bits per heavy atom. The molecule has 0 unspecified atom stereocenters. The van der Waals surface area contributed by atoms with Crippen LogP contribution in [-0.4, -0.2) is 23.9 Å². The number of rotatable bonds is 7. The van der Waals surface area contributed by atoms with E-state index in [1.54, 1.807) is 0 Å². The van der Waals surface area contributed by atoms with Crippen molar-refractivity contribution < 1.29 is 4.79 Å².